The first-order valence-electron chi connectivity index (χ1n) is 11.7. The highest BCUT2D eigenvalue weighted by atomic mass is 35.5. The van der Waals surface area contributed by atoms with Gasteiger partial charge in [0.2, 0.25) is 11.5 Å². The number of hydrogen-bond acceptors (Lipinski definition) is 5. The molecule has 0 saturated carbocycles. The van der Waals surface area contributed by atoms with Gasteiger partial charge in [0.1, 0.15) is 0 Å². The van der Waals surface area contributed by atoms with Crippen molar-refractivity contribution in [2.75, 3.05) is 20.8 Å². The van der Waals surface area contributed by atoms with E-state index in [1.165, 1.54) is 25.3 Å². The van der Waals surface area contributed by atoms with Crippen LogP contribution in [0.25, 0.3) is 10.8 Å². The summed E-state index contributed by atoms with van der Waals surface area (Å²) in [6.07, 6.45) is 0.836. The molecule has 0 aliphatic rings. The van der Waals surface area contributed by atoms with Crippen molar-refractivity contribution in [1.82, 2.24) is 0 Å². The number of aryl methyl sites for hydroxylation is 2. The van der Waals surface area contributed by atoms with Gasteiger partial charge >= 0.3 is 5.97 Å². The topological polar surface area (TPSA) is 54.0 Å². The Balaban J connectivity index is 1.70. The highest BCUT2D eigenvalue weighted by Gasteiger charge is 2.26. The second-order valence-electron chi connectivity index (χ2n) is 8.58. The molecule has 0 saturated heterocycles. The highest BCUT2D eigenvalue weighted by molar-refractivity contribution is 6.31. The molecule has 0 spiro atoms. The van der Waals surface area contributed by atoms with E-state index in [0.717, 1.165) is 11.1 Å². The number of fused-ring (bicyclic) bond motifs is 1. The standard InChI is InChI=1S/C30H29ClO5/c1-19-9-11-21(12-10-19)15-16-35-27-24-14-13-23(31)18-25(24)28(30(34-4)29(27)33-3)36-26(32)17-22-8-6-5-7-20(22)2/h5-14,18H,15-17H2,1-4H3. The van der Waals surface area contributed by atoms with Gasteiger partial charge in [0.05, 0.1) is 27.2 Å². The van der Waals surface area contributed by atoms with Gasteiger partial charge in [-0.05, 0) is 48.7 Å². The lowest BCUT2D eigenvalue weighted by atomic mass is 10.1. The summed E-state index contributed by atoms with van der Waals surface area (Å²) in [5, 5.41) is 1.81. The fourth-order valence-corrected chi connectivity index (χ4v) is 4.28. The summed E-state index contributed by atoms with van der Waals surface area (Å²) in [5.41, 5.74) is 4.29. The summed E-state index contributed by atoms with van der Waals surface area (Å²) in [4.78, 5) is 13.0. The average molecular weight is 505 g/mol. The molecule has 5 nitrogen and oxygen atoms in total. The minimum atomic E-state index is -0.418. The number of ether oxygens (including phenoxy) is 4. The molecule has 0 heterocycles. The molecule has 0 radical (unpaired) electrons. The van der Waals surface area contributed by atoms with E-state index in [-0.39, 0.29) is 17.9 Å². The van der Waals surface area contributed by atoms with Crippen molar-refractivity contribution < 1.29 is 23.7 Å². The summed E-state index contributed by atoms with van der Waals surface area (Å²) >= 11 is 6.34. The molecule has 36 heavy (non-hydrogen) atoms. The Hall–Kier alpha value is -3.70. The molecule has 4 aromatic carbocycles. The zero-order chi connectivity index (χ0) is 25.7. The predicted molar refractivity (Wildman–Crippen MR) is 143 cm³/mol. The Morgan fingerprint density at radius 2 is 1.50 bits per heavy atom. The van der Waals surface area contributed by atoms with Crippen LogP contribution >= 0.6 is 11.6 Å². The maximum absolute atomic E-state index is 13.0. The number of hydrogen-bond donors (Lipinski definition) is 0. The first-order valence-corrected chi connectivity index (χ1v) is 12.1. The molecule has 0 amide bonds. The third-order valence-electron chi connectivity index (χ3n) is 6.07. The van der Waals surface area contributed by atoms with Crippen molar-refractivity contribution in [3.05, 3.63) is 94.0 Å². The van der Waals surface area contributed by atoms with Crippen LogP contribution < -0.4 is 18.9 Å². The molecule has 4 aromatic rings. The van der Waals surface area contributed by atoms with Crippen LogP contribution in [0.2, 0.25) is 5.02 Å². The Kier molecular flexibility index (Phi) is 8.01. The van der Waals surface area contributed by atoms with Crippen LogP contribution in [0.5, 0.6) is 23.0 Å². The van der Waals surface area contributed by atoms with E-state index in [1.54, 1.807) is 12.1 Å². The molecule has 0 aliphatic heterocycles. The third-order valence-corrected chi connectivity index (χ3v) is 6.30. The molecule has 4 rings (SSSR count). The molecule has 6 heteroatoms. The fourth-order valence-electron chi connectivity index (χ4n) is 4.11. The first-order chi connectivity index (χ1) is 17.4. The van der Waals surface area contributed by atoms with Gasteiger partial charge in [-0.25, -0.2) is 0 Å². The van der Waals surface area contributed by atoms with Crippen LogP contribution in [-0.2, 0) is 17.6 Å². The zero-order valence-electron chi connectivity index (χ0n) is 20.9. The van der Waals surface area contributed by atoms with Crippen LogP contribution in [-0.4, -0.2) is 26.8 Å². The molecule has 0 N–H and O–H groups in total. The van der Waals surface area contributed by atoms with Gasteiger partial charge in [0.15, 0.2) is 11.5 Å². The Labute approximate surface area is 216 Å². The van der Waals surface area contributed by atoms with Crippen LogP contribution in [0.1, 0.15) is 22.3 Å². The summed E-state index contributed by atoms with van der Waals surface area (Å²) in [5.74, 6) is 0.966. The fraction of sp³-hybridized carbons (Fsp3) is 0.233. The van der Waals surface area contributed by atoms with E-state index >= 15 is 0 Å². The van der Waals surface area contributed by atoms with E-state index < -0.39 is 5.97 Å². The van der Waals surface area contributed by atoms with E-state index in [4.69, 9.17) is 30.5 Å². The molecule has 0 bridgehead atoms. The molecule has 0 aromatic heterocycles. The van der Waals surface area contributed by atoms with Gasteiger partial charge in [-0.2, -0.15) is 0 Å². The van der Waals surface area contributed by atoms with Crippen molar-refractivity contribution in [3.8, 4) is 23.0 Å². The maximum atomic E-state index is 13.0. The van der Waals surface area contributed by atoms with Gasteiger partial charge in [-0.3, -0.25) is 4.79 Å². The smallest absolute Gasteiger partial charge is 0.315 e. The monoisotopic (exact) mass is 504 g/mol. The minimum absolute atomic E-state index is 0.120. The summed E-state index contributed by atoms with van der Waals surface area (Å²) in [6, 6.07) is 21.4. The van der Waals surface area contributed by atoms with Crippen molar-refractivity contribution in [2.45, 2.75) is 26.7 Å². The van der Waals surface area contributed by atoms with Crippen LogP contribution in [0, 0.1) is 13.8 Å². The van der Waals surface area contributed by atoms with Crippen LogP contribution in [0.15, 0.2) is 66.7 Å². The zero-order valence-corrected chi connectivity index (χ0v) is 21.6. The number of benzene rings is 4. The molecular weight excluding hydrogens is 476 g/mol. The SMILES string of the molecule is COc1c(OC)c(OC(=O)Cc2ccccc2C)c2cc(Cl)ccc2c1OCCc1ccc(C)cc1. The largest absolute Gasteiger partial charge is 0.490 e. The number of rotatable bonds is 9. The average Bonchev–Trinajstić information content (AvgIpc) is 2.87. The summed E-state index contributed by atoms with van der Waals surface area (Å²) < 4.78 is 23.5. The molecule has 0 fully saturated rings. The molecule has 0 unspecified atom stereocenters. The number of methoxy groups -OCH3 is 2. The first kappa shape index (κ1) is 25.4. The van der Waals surface area contributed by atoms with E-state index in [1.807, 2.05) is 37.3 Å². The Morgan fingerprint density at radius 3 is 2.19 bits per heavy atom. The van der Waals surface area contributed by atoms with Crippen molar-refractivity contribution >= 4 is 28.3 Å². The summed E-state index contributed by atoms with van der Waals surface area (Å²) in [6.45, 7) is 4.45. The van der Waals surface area contributed by atoms with Crippen molar-refractivity contribution in [3.63, 3.8) is 0 Å². The van der Waals surface area contributed by atoms with E-state index in [2.05, 4.69) is 31.2 Å². The molecule has 0 atom stereocenters. The number of esters is 1. The van der Waals surface area contributed by atoms with Gasteiger partial charge in [-0.1, -0.05) is 65.7 Å². The van der Waals surface area contributed by atoms with Crippen LogP contribution in [0.3, 0.4) is 0 Å². The molecule has 0 aliphatic carbocycles. The summed E-state index contributed by atoms with van der Waals surface area (Å²) in [7, 11) is 3.04. The van der Waals surface area contributed by atoms with Gasteiger partial charge in [0, 0.05) is 22.2 Å². The minimum Gasteiger partial charge on any atom is -0.490 e. The third kappa shape index (κ3) is 5.58. The number of carbonyl (C=O) groups excluding carboxylic acids is 1. The van der Waals surface area contributed by atoms with Gasteiger partial charge in [-0.15, -0.1) is 0 Å². The highest BCUT2D eigenvalue weighted by Crippen LogP contribution is 2.51. The van der Waals surface area contributed by atoms with E-state index in [9.17, 15) is 4.79 Å². The number of halogens is 1. The predicted octanol–water partition coefficient (Wildman–Crippen LogP) is 6.90. The molecule has 186 valence electrons. The van der Waals surface area contributed by atoms with E-state index in [0.29, 0.717) is 40.3 Å². The normalized spacial score (nSPS) is 10.8. The Morgan fingerprint density at radius 1 is 0.806 bits per heavy atom. The van der Waals surface area contributed by atoms with Crippen LogP contribution in [0.4, 0.5) is 0 Å². The van der Waals surface area contributed by atoms with Crippen molar-refractivity contribution in [2.24, 2.45) is 0 Å². The van der Waals surface area contributed by atoms with Gasteiger partial charge in [0.25, 0.3) is 0 Å². The number of carbonyl (C=O) groups is 1. The van der Waals surface area contributed by atoms with Crippen molar-refractivity contribution in [1.29, 1.82) is 0 Å². The quantitative estimate of drug-likeness (QED) is 0.183. The lowest BCUT2D eigenvalue weighted by Crippen LogP contribution is -2.13. The molecular formula is C30H29ClO5. The maximum Gasteiger partial charge on any atom is 0.315 e. The lowest BCUT2D eigenvalue weighted by Gasteiger charge is -2.20. The Bertz CT molecular complexity index is 1380. The lowest BCUT2D eigenvalue weighted by molar-refractivity contribution is -0.133. The van der Waals surface area contributed by atoms with Gasteiger partial charge < -0.3 is 18.9 Å². The second-order valence-corrected chi connectivity index (χ2v) is 9.01. The second kappa shape index (κ2) is 11.4.